The van der Waals surface area contributed by atoms with E-state index in [9.17, 15) is 5.11 Å². The van der Waals surface area contributed by atoms with E-state index in [0.29, 0.717) is 11.5 Å². The van der Waals surface area contributed by atoms with Crippen molar-refractivity contribution < 1.29 is 5.11 Å². The van der Waals surface area contributed by atoms with Gasteiger partial charge in [-0.1, -0.05) is 0 Å². The molecule has 0 spiro atoms. The minimum absolute atomic E-state index is 0.375. The van der Waals surface area contributed by atoms with Crippen molar-refractivity contribution in [1.82, 2.24) is 9.97 Å². The van der Waals surface area contributed by atoms with Gasteiger partial charge in [0.2, 0.25) is 0 Å². The number of hydrogen-bond acceptors (Lipinski definition) is 5. The first-order valence-electron chi connectivity index (χ1n) is 3.05. The van der Waals surface area contributed by atoms with Crippen molar-refractivity contribution in [2.75, 3.05) is 5.32 Å². The topological polar surface area (TPSA) is 99.3 Å². The summed E-state index contributed by atoms with van der Waals surface area (Å²) in [5, 5.41) is 12.1. The van der Waals surface area contributed by atoms with Gasteiger partial charge < -0.3 is 15.4 Å². The van der Waals surface area contributed by atoms with Gasteiger partial charge in [0.1, 0.15) is 5.69 Å². The average Bonchev–Trinajstić information content (AvgIpc) is 2.34. The minimum atomic E-state index is -1.67. The van der Waals surface area contributed by atoms with Crippen LogP contribution in [0.25, 0.3) is 0 Å². The molecule has 11 heavy (non-hydrogen) atoms. The van der Waals surface area contributed by atoms with E-state index >= 15 is 0 Å². The van der Waals surface area contributed by atoms with E-state index in [-0.39, 0.29) is 0 Å². The molecular weight excluding hydrogens is 146 g/mol. The summed E-state index contributed by atoms with van der Waals surface area (Å²) in [6, 6.07) is 0. The van der Waals surface area contributed by atoms with Crippen LogP contribution in [0, 0.1) is 0 Å². The summed E-state index contributed by atoms with van der Waals surface area (Å²) in [6.07, 6.45) is 2.74. The van der Waals surface area contributed by atoms with E-state index in [2.05, 4.69) is 20.3 Å². The lowest BCUT2D eigenvalue weighted by Crippen LogP contribution is -2.38. The maximum Gasteiger partial charge on any atom is 0.258 e. The Bertz CT molecular complexity index is 302. The highest BCUT2D eigenvalue weighted by Gasteiger charge is 2.30. The van der Waals surface area contributed by atoms with Crippen LogP contribution < -0.4 is 11.1 Å². The summed E-state index contributed by atoms with van der Waals surface area (Å²) < 4.78 is 0. The molecule has 1 unspecified atom stereocenters. The molecule has 1 atom stereocenters. The number of fused-ring (bicyclic) bond motifs is 1. The molecular formula is C5H7N5O. The van der Waals surface area contributed by atoms with Crippen LogP contribution in [0.3, 0.4) is 0 Å². The number of nitrogens with one attached hydrogen (secondary N) is 2. The van der Waals surface area contributed by atoms with E-state index in [1.54, 1.807) is 0 Å². The fourth-order valence-electron chi connectivity index (χ4n) is 0.941. The lowest BCUT2D eigenvalue weighted by Gasteiger charge is -2.20. The number of aromatic nitrogens is 2. The first kappa shape index (κ1) is 6.32. The molecule has 0 aliphatic carbocycles. The number of aliphatic hydroxyl groups is 1. The summed E-state index contributed by atoms with van der Waals surface area (Å²) in [4.78, 5) is 10.1. The summed E-state index contributed by atoms with van der Waals surface area (Å²) in [6.45, 7) is 0. The standard InChI is InChI=1S/C5H7N5O/c6-5(11)3-4(8-1-7-3)9-2-10-5/h1-2,11H,6H2,(H,7,8)(H,9,10). The third-order valence-corrected chi connectivity index (χ3v) is 1.47. The van der Waals surface area contributed by atoms with Gasteiger partial charge in [0.05, 0.1) is 12.7 Å². The smallest absolute Gasteiger partial charge is 0.258 e. The van der Waals surface area contributed by atoms with Crippen LogP contribution in [0.5, 0.6) is 0 Å². The van der Waals surface area contributed by atoms with E-state index in [1.165, 1.54) is 12.7 Å². The summed E-state index contributed by atoms with van der Waals surface area (Å²) in [7, 11) is 0. The van der Waals surface area contributed by atoms with Gasteiger partial charge in [-0.2, -0.15) is 0 Å². The number of nitrogens with zero attached hydrogens (tertiary/aromatic N) is 2. The normalized spacial score (nSPS) is 27.8. The molecule has 2 heterocycles. The Morgan fingerprint density at radius 2 is 2.45 bits per heavy atom. The van der Waals surface area contributed by atoms with Gasteiger partial charge in [-0.15, -0.1) is 0 Å². The van der Waals surface area contributed by atoms with Gasteiger partial charge in [-0.25, -0.2) is 9.98 Å². The van der Waals surface area contributed by atoms with Gasteiger partial charge in [0.25, 0.3) is 5.85 Å². The zero-order valence-corrected chi connectivity index (χ0v) is 5.57. The summed E-state index contributed by atoms with van der Waals surface area (Å²) in [5.74, 6) is -1.16. The van der Waals surface area contributed by atoms with Crippen molar-refractivity contribution in [3.8, 4) is 0 Å². The zero-order chi connectivity index (χ0) is 7.90. The van der Waals surface area contributed by atoms with Crippen molar-refractivity contribution in [2.45, 2.75) is 5.85 Å². The summed E-state index contributed by atoms with van der Waals surface area (Å²) in [5.41, 5.74) is 5.76. The van der Waals surface area contributed by atoms with E-state index in [0.717, 1.165) is 0 Å². The van der Waals surface area contributed by atoms with Crippen molar-refractivity contribution in [1.29, 1.82) is 0 Å². The number of nitrogens with two attached hydrogens (primary N) is 1. The van der Waals surface area contributed by atoms with Crippen molar-refractivity contribution in [3.63, 3.8) is 0 Å². The molecule has 1 aliphatic rings. The molecule has 6 heteroatoms. The highest BCUT2D eigenvalue weighted by molar-refractivity contribution is 5.77. The van der Waals surface area contributed by atoms with E-state index in [4.69, 9.17) is 5.73 Å². The van der Waals surface area contributed by atoms with Gasteiger partial charge in [-0.3, -0.25) is 5.73 Å². The fourth-order valence-corrected chi connectivity index (χ4v) is 0.941. The van der Waals surface area contributed by atoms with Crippen molar-refractivity contribution >= 4 is 12.2 Å². The third kappa shape index (κ3) is 0.803. The minimum Gasteiger partial charge on any atom is -0.352 e. The predicted molar refractivity (Wildman–Crippen MR) is 38.8 cm³/mol. The number of anilines is 1. The van der Waals surface area contributed by atoms with Crippen LogP contribution >= 0.6 is 0 Å². The average molecular weight is 153 g/mol. The predicted octanol–water partition coefficient (Wildman–Crippen LogP) is -1.08. The Morgan fingerprint density at radius 1 is 1.64 bits per heavy atom. The van der Waals surface area contributed by atoms with Crippen molar-refractivity contribution in [3.05, 3.63) is 12.0 Å². The van der Waals surface area contributed by atoms with E-state index in [1.807, 2.05) is 0 Å². The maximum absolute atomic E-state index is 9.38. The number of rotatable bonds is 0. The first-order chi connectivity index (χ1) is 5.20. The second-order valence-electron chi connectivity index (χ2n) is 2.25. The molecule has 1 aromatic heterocycles. The molecule has 5 N–H and O–H groups in total. The van der Waals surface area contributed by atoms with Crippen LogP contribution in [0.2, 0.25) is 0 Å². The van der Waals surface area contributed by atoms with Crippen molar-refractivity contribution in [2.24, 2.45) is 10.7 Å². The first-order valence-corrected chi connectivity index (χ1v) is 3.05. The second-order valence-corrected chi connectivity index (χ2v) is 2.25. The molecule has 0 radical (unpaired) electrons. The van der Waals surface area contributed by atoms with Gasteiger partial charge in [-0.05, 0) is 0 Å². The van der Waals surface area contributed by atoms with Crippen LogP contribution in [0.15, 0.2) is 11.3 Å². The zero-order valence-electron chi connectivity index (χ0n) is 5.57. The molecule has 0 fully saturated rings. The molecule has 0 amide bonds. The molecule has 0 bridgehead atoms. The van der Waals surface area contributed by atoms with E-state index < -0.39 is 5.85 Å². The third-order valence-electron chi connectivity index (χ3n) is 1.47. The maximum atomic E-state index is 9.38. The molecule has 0 saturated heterocycles. The van der Waals surface area contributed by atoms with Crippen LogP contribution in [-0.4, -0.2) is 21.4 Å². The van der Waals surface area contributed by atoms with Crippen LogP contribution in [-0.2, 0) is 5.85 Å². The molecule has 0 aromatic carbocycles. The number of aliphatic imine (C=N–C) groups is 1. The highest BCUT2D eigenvalue weighted by atomic mass is 16.3. The number of hydrogen-bond donors (Lipinski definition) is 4. The van der Waals surface area contributed by atoms with Gasteiger partial charge >= 0.3 is 0 Å². The monoisotopic (exact) mass is 153 g/mol. The Labute approximate surface area is 62.2 Å². The number of imidazole rings is 1. The summed E-state index contributed by atoms with van der Waals surface area (Å²) >= 11 is 0. The molecule has 58 valence electrons. The van der Waals surface area contributed by atoms with Crippen LogP contribution in [0.4, 0.5) is 5.82 Å². The highest BCUT2D eigenvalue weighted by Crippen LogP contribution is 2.23. The lowest BCUT2D eigenvalue weighted by atomic mass is 10.3. The Balaban J connectivity index is 2.56. The van der Waals surface area contributed by atoms with Gasteiger partial charge in [0.15, 0.2) is 5.82 Å². The molecule has 6 nitrogen and oxygen atoms in total. The largest absolute Gasteiger partial charge is 0.352 e. The fraction of sp³-hybridized carbons (Fsp3) is 0.200. The van der Waals surface area contributed by atoms with Gasteiger partial charge in [0, 0.05) is 0 Å². The Kier molecular flexibility index (Phi) is 1.04. The van der Waals surface area contributed by atoms with Crippen LogP contribution in [0.1, 0.15) is 5.69 Å². The molecule has 1 aliphatic heterocycles. The Hall–Kier alpha value is -1.40. The molecule has 2 rings (SSSR count). The lowest BCUT2D eigenvalue weighted by molar-refractivity contribution is 0.0499. The SMILES string of the molecule is NC1(O)N=CNc2nc[nH]c21. The quantitative estimate of drug-likeness (QED) is 0.356. The Morgan fingerprint density at radius 3 is 3.18 bits per heavy atom. The second kappa shape index (κ2) is 1.80. The molecule has 0 saturated carbocycles. The number of aromatic amines is 1. The molecule has 1 aromatic rings. The number of H-pyrrole nitrogens is 1.